The van der Waals surface area contributed by atoms with Crippen LogP contribution >= 0.6 is 11.3 Å². The van der Waals surface area contributed by atoms with Gasteiger partial charge >= 0.3 is 5.69 Å². The standard InChI is InChI=1S/C32H32F2N4O3S/c1-19-9-11-22(12-10-19)29-24(17-36(4)13-14-41-5)28-30(39)38(27-16-20(2)15-21(3)35-27)32(40)37(31(28)42-29)18-23-25(33)7-6-8-26(23)34/h6-12,15-16H,13-14,17-18H2,1-5H3. The van der Waals surface area contributed by atoms with Crippen LogP contribution in [0.2, 0.25) is 0 Å². The molecule has 5 rings (SSSR count). The summed E-state index contributed by atoms with van der Waals surface area (Å²) >= 11 is 1.27. The number of fused-ring (bicyclic) bond motifs is 1. The summed E-state index contributed by atoms with van der Waals surface area (Å²) in [6, 6.07) is 15.0. The molecule has 0 aliphatic rings. The zero-order valence-corrected chi connectivity index (χ0v) is 25.0. The highest BCUT2D eigenvalue weighted by atomic mass is 32.1. The van der Waals surface area contributed by atoms with Crippen LogP contribution in [0.1, 0.15) is 27.9 Å². The molecule has 0 spiro atoms. The van der Waals surface area contributed by atoms with E-state index in [2.05, 4.69) is 4.98 Å². The average Bonchev–Trinajstić information content (AvgIpc) is 3.30. The molecule has 0 radical (unpaired) electrons. The van der Waals surface area contributed by atoms with Crippen LogP contribution in [0.3, 0.4) is 0 Å². The van der Waals surface area contributed by atoms with Crippen molar-refractivity contribution >= 4 is 21.6 Å². The van der Waals surface area contributed by atoms with Crippen molar-refractivity contribution in [2.45, 2.75) is 33.9 Å². The van der Waals surface area contributed by atoms with Gasteiger partial charge in [-0.15, -0.1) is 11.3 Å². The number of benzene rings is 2. The lowest BCUT2D eigenvalue weighted by Gasteiger charge is -2.18. The zero-order chi connectivity index (χ0) is 30.1. The lowest BCUT2D eigenvalue weighted by molar-refractivity contribution is 0.159. The summed E-state index contributed by atoms with van der Waals surface area (Å²) < 4.78 is 37.4. The van der Waals surface area contributed by atoms with Crippen LogP contribution in [-0.2, 0) is 17.8 Å². The Kier molecular flexibility index (Phi) is 8.49. The minimum absolute atomic E-state index is 0.161. The molecule has 3 heterocycles. The minimum Gasteiger partial charge on any atom is -0.383 e. The van der Waals surface area contributed by atoms with Gasteiger partial charge in [-0.1, -0.05) is 35.9 Å². The third kappa shape index (κ3) is 5.70. The Labute approximate surface area is 246 Å². The number of thiophene rings is 1. The number of likely N-dealkylation sites (N-methyl/N-ethyl adjacent to an activating group) is 1. The van der Waals surface area contributed by atoms with Gasteiger partial charge in [-0.3, -0.25) is 14.3 Å². The van der Waals surface area contributed by atoms with Crippen LogP contribution in [0.15, 0.2) is 64.2 Å². The second-order valence-electron chi connectivity index (χ2n) is 10.5. The molecule has 0 bridgehead atoms. The molecule has 42 heavy (non-hydrogen) atoms. The second-order valence-corrected chi connectivity index (χ2v) is 11.5. The molecule has 0 saturated heterocycles. The maximum absolute atomic E-state index is 14.9. The number of methoxy groups -OCH3 is 1. The fourth-order valence-corrected chi connectivity index (χ4v) is 6.37. The highest BCUT2D eigenvalue weighted by molar-refractivity contribution is 7.22. The first-order valence-corrected chi connectivity index (χ1v) is 14.3. The number of hydrogen-bond acceptors (Lipinski definition) is 6. The van der Waals surface area contributed by atoms with Crippen LogP contribution in [0.4, 0.5) is 8.78 Å². The van der Waals surface area contributed by atoms with E-state index in [9.17, 15) is 18.4 Å². The Balaban J connectivity index is 1.89. The summed E-state index contributed by atoms with van der Waals surface area (Å²) in [5, 5.41) is 0.317. The van der Waals surface area contributed by atoms with Crippen molar-refractivity contribution in [1.82, 2.24) is 19.0 Å². The molecule has 7 nitrogen and oxygen atoms in total. The Morgan fingerprint density at radius 3 is 2.29 bits per heavy atom. The number of pyridine rings is 1. The molecule has 0 amide bonds. The smallest absolute Gasteiger partial charge is 0.338 e. The molecule has 0 atom stereocenters. The van der Waals surface area contributed by atoms with E-state index in [-0.39, 0.29) is 11.4 Å². The first-order chi connectivity index (χ1) is 20.1. The third-order valence-electron chi connectivity index (χ3n) is 7.18. The van der Waals surface area contributed by atoms with E-state index >= 15 is 0 Å². The molecular weight excluding hydrogens is 558 g/mol. The molecule has 2 aromatic carbocycles. The number of aromatic nitrogens is 3. The molecule has 0 aliphatic carbocycles. The second kappa shape index (κ2) is 12.1. The Morgan fingerprint density at radius 1 is 0.952 bits per heavy atom. The highest BCUT2D eigenvalue weighted by Crippen LogP contribution is 2.38. The van der Waals surface area contributed by atoms with Crippen LogP contribution in [-0.4, -0.2) is 46.3 Å². The van der Waals surface area contributed by atoms with E-state index in [0.29, 0.717) is 35.6 Å². The van der Waals surface area contributed by atoms with Crippen molar-refractivity contribution in [1.29, 1.82) is 0 Å². The van der Waals surface area contributed by atoms with Crippen molar-refractivity contribution in [2.75, 3.05) is 27.3 Å². The van der Waals surface area contributed by atoms with Gasteiger partial charge in [-0.2, -0.15) is 0 Å². The molecule has 5 aromatic rings. The van der Waals surface area contributed by atoms with Crippen molar-refractivity contribution in [3.05, 3.63) is 115 Å². The SMILES string of the molecule is COCCN(C)Cc1c(-c2ccc(C)cc2)sc2c1c(=O)n(-c1cc(C)cc(C)n1)c(=O)n2Cc1c(F)cccc1F. The largest absolute Gasteiger partial charge is 0.383 e. The van der Waals surface area contributed by atoms with E-state index in [1.54, 1.807) is 20.1 Å². The van der Waals surface area contributed by atoms with Gasteiger partial charge in [-0.25, -0.2) is 23.1 Å². The molecule has 0 fully saturated rings. The predicted molar refractivity (Wildman–Crippen MR) is 163 cm³/mol. The number of nitrogens with zero attached hydrogens (tertiary/aromatic N) is 4. The number of hydrogen-bond donors (Lipinski definition) is 0. The fraction of sp³-hybridized carbons (Fsp3) is 0.281. The Morgan fingerprint density at radius 2 is 1.64 bits per heavy atom. The average molecular weight is 591 g/mol. The van der Waals surface area contributed by atoms with Gasteiger partial charge in [0.05, 0.1) is 18.5 Å². The van der Waals surface area contributed by atoms with Gasteiger partial charge in [0.2, 0.25) is 0 Å². The Bertz CT molecular complexity index is 1850. The molecular formula is C32H32F2N4O3S. The molecule has 0 aliphatic heterocycles. The van der Waals surface area contributed by atoms with Crippen LogP contribution in [0.5, 0.6) is 0 Å². The van der Waals surface area contributed by atoms with E-state index in [1.165, 1.54) is 22.0 Å². The molecule has 0 N–H and O–H groups in total. The Hall–Kier alpha value is -3.99. The van der Waals surface area contributed by atoms with Gasteiger partial charge in [0.25, 0.3) is 5.56 Å². The summed E-state index contributed by atoms with van der Waals surface area (Å²) in [5.74, 6) is -1.38. The van der Waals surface area contributed by atoms with Gasteiger partial charge in [0.15, 0.2) is 0 Å². The van der Waals surface area contributed by atoms with Gasteiger partial charge in [0.1, 0.15) is 22.3 Å². The van der Waals surface area contributed by atoms with E-state index in [4.69, 9.17) is 4.74 Å². The molecule has 10 heteroatoms. The van der Waals surface area contributed by atoms with E-state index in [1.807, 2.05) is 56.1 Å². The van der Waals surface area contributed by atoms with Crippen molar-refractivity contribution in [2.24, 2.45) is 0 Å². The molecule has 3 aromatic heterocycles. The maximum Gasteiger partial charge on any atom is 0.338 e. The van der Waals surface area contributed by atoms with Crippen molar-refractivity contribution in [3.8, 4) is 16.3 Å². The topological polar surface area (TPSA) is 69.4 Å². The van der Waals surface area contributed by atoms with Crippen LogP contribution in [0.25, 0.3) is 26.5 Å². The lowest BCUT2D eigenvalue weighted by Crippen LogP contribution is -2.40. The molecule has 0 saturated carbocycles. The van der Waals surface area contributed by atoms with Gasteiger partial charge < -0.3 is 4.74 Å². The first-order valence-electron chi connectivity index (χ1n) is 13.5. The molecule has 0 unspecified atom stereocenters. The number of halogens is 2. The summed E-state index contributed by atoms with van der Waals surface area (Å²) in [4.78, 5) is 36.2. The quantitative estimate of drug-likeness (QED) is 0.223. The summed E-state index contributed by atoms with van der Waals surface area (Å²) in [5.41, 5.74) is 2.63. The van der Waals surface area contributed by atoms with Gasteiger partial charge in [0, 0.05) is 36.3 Å². The predicted octanol–water partition coefficient (Wildman–Crippen LogP) is 5.61. The summed E-state index contributed by atoms with van der Waals surface area (Å²) in [6.45, 7) is 6.71. The summed E-state index contributed by atoms with van der Waals surface area (Å²) in [7, 11) is 3.55. The van der Waals surface area contributed by atoms with Gasteiger partial charge in [-0.05, 0) is 68.8 Å². The number of aryl methyl sites for hydroxylation is 3. The number of ether oxygens (including phenoxy) is 1. The molecule has 218 valence electrons. The van der Waals surface area contributed by atoms with Crippen LogP contribution in [0, 0.1) is 32.4 Å². The summed E-state index contributed by atoms with van der Waals surface area (Å²) in [6.07, 6.45) is 0. The monoisotopic (exact) mass is 590 g/mol. The number of rotatable bonds is 9. The van der Waals surface area contributed by atoms with E-state index in [0.717, 1.165) is 43.8 Å². The normalized spacial score (nSPS) is 11.6. The third-order valence-corrected chi connectivity index (χ3v) is 8.49. The fourth-order valence-electron chi connectivity index (χ4n) is 5.07. The van der Waals surface area contributed by atoms with Crippen molar-refractivity contribution < 1.29 is 13.5 Å². The van der Waals surface area contributed by atoms with E-state index < -0.39 is 29.4 Å². The zero-order valence-electron chi connectivity index (χ0n) is 24.2. The first kappa shape index (κ1) is 29.5. The lowest BCUT2D eigenvalue weighted by atomic mass is 10.1. The highest BCUT2D eigenvalue weighted by Gasteiger charge is 2.26. The maximum atomic E-state index is 14.9. The van der Waals surface area contributed by atoms with Crippen molar-refractivity contribution in [3.63, 3.8) is 0 Å². The van der Waals surface area contributed by atoms with Crippen LogP contribution < -0.4 is 11.2 Å². The minimum atomic E-state index is -0.771.